The topological polar surface area (TPSA) is 94.9 Å². The number of halogens is 2. The van der Waals surface area contributed by atoms with Crippen molar-refractivity contribution in [3.05, 3.63) is 58.3 Å². The number of nitrogens with zero attached hydrogens (tertiary/aromatic N) is 6. The molecule has 9 nitrogen and oxygen atoms in total. The van der Waals surface area contributed by atoms with E-state index in [2.05, 4.69) is 31.7 Å². The molecule has 206 valence electrons. The van der Waals surface area contributed by atoms with Gasteiger partial charge in [0.25, 0.3) is 0 Å². The van der Waals surface area contributed by atoms with E-state index in [1.54, 1.807) is 18.5 Å². The summed E-state index contributed by atoms with van der Waals surface area (Å²) in [6.45, 7) is 6.17. The molecule has 0 unspecified atom stereocenters. The van der Waals surface area contributed by atoms with Crippen LogP contribution in [0.1, 0.15) is 24.8 Å². The Hall–Kier alpha value is -2.98. The number of hydrogen-bond donors (Lipinski definition) is 1. The van der Waals surface area contributed by atoms with Crippen molar-refractivity contribution in [1.29, 1.82) is 0 Å². The number of likely N-dealkylation sites (N-methyl/N-ethyl adjacent to an activating group) is 1. The SMILES string of the molecule is CN1CCN(c2cnc(Oc3cc(CN4CCC(CC(=O)O)CC4)cc(-c4cc(Cl)cc(Cl)c4)n3)cn2)CC1. The van der Waals surface area contributed by atoms with Gasteiger partial charge in [0.2, 0.25) is 11.8 Å². The number of likely N-dealkylation sites (tertiary alicyclic amines) is 1. The summed E-state index contributed by atoms with van der Waals surface area (Å²) in [5.74, 6) is 1.10. The van der Waals surface area contributed by atoms with Crippen LogP contribution in [0.2, 0.25) is 10.0 Å². The standard InChI is InChI=1S/C28H32Cl2N6O3/c1-34-6-8-36(9-7-34)25-16-32-27(17-31-25)39-26-11-20(18-35-4-2-19(3-5-35)12-28(37)38)10-24(33-26)21-13-22(29)15-23(30)14-21/h10-11,13-17,19H,2-9,12,18H2,1H3,(H,37,38). The van der Waals surface area contributed by atoms with Crippen molar-refractivity contribution in [2.45, 2.75) is 25.8 Å². The summed E-state index contributed by atoms with van der Waals surface area (Å²) in [6.07, 6.45) is 5.34. The Morgan fingerprint density at radius 1 is 0.949 bits per heavy atom. The van der Waals surface area contributed by atoms with Crippen LogP contribution in [0, 0.1) is 5.92 Å². The van der Waals surface area contributed by atoms with Crippen LogP contribution in [0.25, 0.3) is 11.3 Å². The summed E-state index contributed by atoms with van der Waals surface area (Å²) in [7, 11) is 2.12. The molecule has 1 N–H and O–H groups in total. The van der Waals surface area contributed by atoms with Crippen molar-refractivity contribution < 1.29 is 14.6 Å². The van der Waals surface area contributed by atoms with Crippen molar-refractivity contribution >= 4 is 35.0 Å². The molecule has 3 aromatic rings. The van der Waals surface area contributed by atoms with Gasteiger partial charge >= 0.3 is 5.97 Å². The first kappa shape index (κ1) is 27.6. The molecule has 2 fully saturated rings. The third-order valence-corrected chi connectivity index (χ3v) is 7.68. The lowest BCUT2D eigenvalue weighted by molar-refractivity contribution is -0.138. The van der Waals surface area contributed by atoms with Crippen LogP contribution >= 0.6 is 23.2 Å². The predicted molar refractivity (Wildman–Crippen MR) is 152 cm³/mol. The first-order valence-corrected chi connectivity index (χ1v) is 13.9. The fraction of sp³-hybridized carbons (Fsp3) is 0.429. The minimum Gasteiger partial charge on any atom is -0.481 e. The number of carbonyl (C=O) groups is 1. The van der Waals surface area contributed by atoms with Crippen LogP contribution in [-0.4, -0.2) is 82.1 Å². The van der Waals surface area contributed by atoms with Gasteiger partial charge in [-0.2, -0.15) is 0 Å². The predicted octanol–water partition coefficient (Wildman–Crippen LogP) is 5.08. The van der Waals surface area contributed by atoms with E-state index in [9.17, 15) is 4.79 Å². The summed E-state index contributed by atoms with van der Waals surface area (Å²) in [5.41, 5.74) is 2.50. The van der Waals surface area contributed by atoms with Gasteiger partial charge in [-0.05, 0) is 68.7 Å². The zero-order valence-corrected chi connectivity index (χ0v) is 23.4. The Morgan fingerprint density at radius 2 is 1.67 bits per heavy atom. The number of rotatable bonds is 8. The summed E-state index contributed by atoms with van der Waals surface area (Å²) in [5, 5.41) is 10.2. The summed E-state index contributed by atoms with van der Waals surface area (Å²) in [6, 6.07) is 9.26. The Morgan fingerprint density at radius 3 is 2.31 bits per heavy atom. The fourth-order valence-electron chi connectivity index (χ4n) is 5.07. The van der Waals surface area contributed by atoms with Gasteiger partial charge < -0.3 is 19.6 Å². The van der Waals surface area contributed by atoms with E-state index in [0.717, 1.165) is 69.1 Å². The maximum atomic E-state index is 11.1. The van der Waals surface area contributed by atoms with Gasteiger partial charge in [-0.1, -0.05) is 23.2 Å². The van der Waals surface area contributed by atoms with Crippen LogP contribution < -0.4 is 9.64 Å². The zero-order chi connectivity index (χ0) is 27.4. The number of benzene rings is 1. The second kappa shape index (κ2) is 12.5. The summed E-state index contributed by atoms with van der Waals surface area (Å²) >= 11 is 12.6. The molecular formula is C28H32Cl2N6O3. The van der Waals surface area contributed by atoms with E-state index in [4.69, 9.17) is 38.0 Å². The number of ether oxygens (including phenoxy) is 1. The quantitative estimate of drug-likeness (QED) is 0.398. The summed E-state index contributed by atoms with van der Waals surface area (Å²) < 4.78 is 6.09. The highest BCUT2D eigenvalue weighted by Gasteiger charge is 2.22. The number of carboxylic acids is 1. The third-order valence-electron chi connectivity index (χ3n) is 7.25. The second-order valence-corrected chi connectivity index (χ2v) is 11.2. The lowest BCUT2D eigenvalue weighted by Crippen LogP contribution is -2.44. The number of piperidine rings is 1. The Bertz CT molecular complexity index is 1270. The van der Waals surface area contributed by atoms with Gasteiger partial charge in [0.05, 0.1) is 18.1 Å². The number of aromatic nitrogens is 3. The number of aliphatic carboxylic acids is 1. The first-order valence-electron chi connectivity index (χ1n) is 13.2. The molecule has 5 rings (SSSR count). The van der Waals surface area contributed by atoms with E-state index < -0.39 is 5.97 Å². The minimum absolute atomic E-state index is 0.228. The molecule has 0 atom stereocenters. The molecule has 2 aliphatic rings. The van der Waals surface area contributed by atoms with Crippen molar-refractivity contribution in [2.75, 3.05) is 51.2 Å². The maximum Gasteiger partial charge on any atom is 0.303 e. The van der Waals surface area contributed by atoms with Gasteiger partial charge in [0, 0.05) is 60.8 Å². The molecule has 2 aromatic heterocycles. The van der Waals surface area contributed by atoms with E-state index >= 15 is 0 Å². The maximum absolute atomic E-state index is 11.1. The highest BCUT2D eigenvalue weighted by molar-refractivity contribution is 6.35. The molecule has 2 aliphatic heterocycles. The highest BCUT2D eigenvalue weighted by atomic mass is 35.5. The van der Waals surface area contributed by atoms with Gasteiger partial charge in [-0.25, -0.2) is 15.0 Å². The van der Waals surface area contributed by atoms with Crippen LogP contribution in [-0.2, 0) is 11.3 Å². The molecule has 4 heterocycles. The molecule has 11 heteroatoms. The molecular weight excluding hydrogens is 539 g/mol. The molecule has 1 aromatic carbocycles. The van der Waals surface area contributed by atoms with Crippen molar-refractivity contribution in [1.82, 2.24) is 24.8 Å². The van der Waals surface area contributed by atoms with E-state index in [1.807, 2.05) is 24.3 Å². The van der Waals surface area contributed by atoms with Crippen molar-refractivity contribution in [2.24, 2.45) is 5.92 Å². The van der Waals surface area contributed by atoms with Gasteiger partial charge in [0.1, 0.15) is 5.82 Å². The lowest BCUT2D eigenvalue weighted by atomic mass is 9.93. The van der Waals surface area contributed by atoms with Crippen LogP contribution in [0.4, 0.5) is 5.82 Å². The normalized spacial score (nSPS) is 17.4. The smallest absolute Gasteiger partial charge is 0.303 e. The minimum atomic E-state index is -0.728. The van der Waals surface area contributed by atoms with Gasteiger partial charge in [-0.3, -0.25) is 9.69 Å². The van der Waals surface area contributed by atoms with Gasteiger partial charge in [-0.15, -0.1) is 0 Å². The van der Waals surface area contributed by atoms with E-state index in [0.29, 0.717) is 34.0 Å². The summed E-state index contributed by atoms with van der Waals surface area (Å²) in [4.78, 5) is 31.7. The van der Waals surface area contributed by atoms with E-state index in [-0.39, 0.29) is 12.3 Å². The second-order valence-electron chi connectivity index (χ2n) is 10.3. The molecule has 2 saturated heterocycles. The average Bonchev–Trinajstić information content (AvgIpc) is 2.90. The molecule has 0 amide bonds. The lowest BCUT2D eigenvalue weighted by Gasteiger charge is -2.32. The largest absolute Gasteiger partial charge is 0.481 e. The number of pyridine rings is 1. The molecule has 0 spiro atoms. The van der Waals surface area contributed by atoms with Crippen molar-refractivity contribution in [3.8, 4) is 23.0 Å². The number of piperazine rings is 1. The molecule has 0 saturated carbocycles. The van der Waals surface area contributed by atoms with Gasteiger partial charge in [0.15, 0.2) is 0 Å². The van der Waals surface area contributed by atoms with Crippen LogP contribution in [0.3, 0.4) is 0 Å². The number of hydrogen-bond acceptors (Lipinski definition) is 8. The molecule has 0 bridgehead atoms. The molecule has 0 aliphatic carbocycles. The molecule has 39 heavy (non-hydrogen) atoms. The fourth-order valence-corrected chi connectivity index (χ4v) is 5.60. The van der Waals surface area contributed by atoms with Crippen LogP contribution in [0.15, 0.2) is 42.7 Å². The third kappa shape index (κ3) is 7.57. The van der Waals surface area contributed by atoms with E-state index in [1.165, 1.54) is 0 Å². The van der Waals surface area contributed by atoms with Crippen LogP contribution in [0.5, 0.6) is 11.8 Å². The molecule has 0 radical (unpaired) electrons. The zero-order valence-electron chi connectivity index (χ0n) is 21.9. The Labute approximate surface area is 238 Å². The number of anilines is 1. The Kier molecular flexibility index (Phi) is 8.82. The Balaban J connectivity index is 1.35. The monoisotopic (exact) mass is 570 g/mol. The average molecular weight is 572 g/mol. The highest BCUT2D eigenvalue weighted by Crippen LogP contribution is 2.31. The first-order chi connectivity index (χ1) is 18.8. The number of carboxylic acid groups (broad SMARTS) is 1. The van der Waals surface area contributed by atoms with Crippen molar-refractivity contribution in [3.63, 3.8) is 0 Å².